The van der Waals surface area contributed by atoms with E-state index in [2.05, 4.69) is 4.98 Å². The summed E-state index contributed by atoms with van der Waals surface area (Å²) in [5.41, 5.74) is 0.943. The third kappa shape index (κ3) is 3.05. The molecule has 0 radical (unpaired) electrons. The molecule has 1 aromatic carbocycles. The number of hydrogen-bond donors (Lipinski definition) is 1. The fourth-order valence-corrected chi connectivity index (χ4v) is 3.20. The molecule has 4 nitrogen and oxygen atoms in total. The molecule has 0 saturated carbocycles. The van der Waals surface area contributed by atoms with E-state index in [9.17, 15) is 14.3 Å². The van der Waals surface area contributed by atoms with Gasteiger partial charge in [-0.05, 0) is 25.0 Å². The van der Waals surface area contributed by atoms with Gasteiger partial charge in [-0.2, -0.15) is 0 Å². The number of anilines is 2. The molecule has 0 saturated heterocycles. The lowest BCUT2D eigenvalue weighted by Gasteiger charge is -2.20. The summed E-state index contributed by atoms with van der Waals surface area (Å²) in [5.74, 6) is -1.34. The number of benzene rings is 1. The second-order valence-electron chi connectivity index (χ2n) is 4.87. The minimum atomic E-state index is -0.993. The zero-order chi connectivity index (χ0) is 15.6. The Bertz CT molecular complexity index is 655. The van der Waals surface area contributed by atoms with Gasteiger partial charge in [-0.1, -0.05) is 37.3 Å². The van der Waals surface area contributed by atoms with Crippen LogP contribution in [0.25, 0.3) is 0 Å². The van der Waals surface area contributed by atoms with Crippen LogP contribution in [0.5, 0.6) is 0 Å². The van der Waals surface area contributed by atoms with Crippen LogP contribution in [0.3, 0.4) is 0 Å². The molecule has 2 aromatic rings. The first-order valence-corrected chi connectivity index (χ1v) is 7.53. The minimum absolute atomic E-state index is 0.000395. The Morgan fingerprint density at radius 2 is 2.10 bits per heavy atom. The average molecular weight is 308 g/mol. The Morgan fingerprint density at radius 1 is 1.43 bits per heavy atom. The molecule has 21 heavy (non-hydrogen) atoms. The highest BCUT2D eigenvalue weighted by molar-refractivity contribution is 7.17. The van der Waals surface area contributed by atoms with Crippen molar-refractivity contribution in [2.24, 2.45) is 0 Å². The molecule has 0 unspecified atom stereocenters. The highest BCUT2D eigenvalue weighted by Gasteiger charge is 2.23. The van der Waals surface area contributed by atoms with Crippen LogP contribution in [0.2, 0.25) is 0 Å². The van der Waals surface area contributed by atoms with E-state index in [0.29, 0.717) is 23.1 Å². The van der Waals surface area contributed by atoms with Gasteiger partial charge in [-0.3, -0.25) is 0 Å². The van der Waals surface area contributed by atoms with Gasteiger partial charge in [-0.15, -0.1) is 0 Å². The summed E-state index contributed by atoms with van der Waals surface area (Å²) in [6.45, 7) is 6.17. The van der Waals surface area contributed by atoms with Gasteiger partial charge in [0.05, 0.1) is 11.4 Å². The van der Waals surface area contributed by atoms with Crippen LogP contribution in [0, 0.1) is 5.82 Å². The molecule has 0 fully saturated rings. The van der Waals surface area contributed by atoms with Gasteiger partial charge in [0.2, 0.25) is 0 Å². The second kappa shape index (κ2) is 6.22. The number of nitrogens with zero attached hydrogens (tertiary/aromatic N) is 2. The summed E-state index contributed by atoms with van der Waals surface area (Å²) in [5, 5.41) is 9.79. The number of carboxylic acids is 1. The minimum Gasteiger partial charge on any atom is -0.477 e. The third-order valence-corrected chi connectivity index (χ3v) is 4.16. The monoisotopic (exact) mass is 308 g/mol. The normalized spacial score (nSPS) is 10.9. The highest BCUT2D eigenvalue weighted by Crippen LogP contribution is 2.35. The molecule has 1 heterocycles. The predicted octanol–water partition coefficient (Wildman–Crippen LogP) is 4.26. The molecule has 0 aliphatic heterocycles. The molecule has 0 bridgehead atoms. The number of para-hydroxylation sites is 1. The Kier molecular flexibility index (Phi) is 4.57. The molecular formula is C15H17FN2O2S. The van der Waals surface area contributed by atoms with Gasteiger partial charge in [-0.25, -0.2) is 14.2 Å². The molecule has 112 valence electrons. The van der Waals surface area contributed by atoms with Crippen molar-refractivity contribution in [3.63, 3.8) is 0 Å². The summed E-state index contributed by atoms with van der Waals surface area (Å²) in [7, 11) is 0. The maximum Gasteiger partial charge on any atom is 0.347 e. The summed E-state index contributed by atoms with van der Waals surface area (Å²) >= 11 is 1.08. The van der Waals surface area contributed by atoms with Gasteiger partial charge in [0.1, 0.15) is 10.7 Å². The van der Waals surface area contributed by atoms with Gasteiger partial charge < -0.3 is 10.0 Å². The van der Waals surface area contributed by atoms with Crippen LogP contribution in [0.1, 0.15) is 42.1 Å². The first-order valence-electron chi connectivity index (χ1n) is 6.71. The molecule has 0 aliphatic carbocycles. The van der Waals surface area contributed by atoms with E-state index in [-0.39, 0.29) is 16.6 Å². The largest absolute Gasteiger partial charge is 0.477 e. The molecule has 0 atom stereocenters. The van der Waals surface area contributed by atoms with Crippen LogP contribution in [0.15, 0.2) is 24.3 Å². The SMILES string of the molecule is CCN(c1nc(C(C)C)c(C(=O)O)s1)c1ccccc1F. The number of thiazole rings is 1. The van der Waals surface area contributed by atoms with Crippen molar-refractivity contribution in [3.8, 4) is 0 Å². The zero-order valence-corrected chi connectivity index (χ0v) is 12.9. The summed E-state index contributed by atoms with van der Waals surface area (Å²) in [4.78, 5) is 17.7. The predicted molar refractivity (Wildman–Crippen MR) is 82.2 cm³/mol. The molecule has 1 N–H and O–H groups in total. The molecular weight excluding hydrogens is 291 g/mol. The lowest BCUT2D eigenvalue weighted by Crippen LogP contribution is -2.17. The Morgan fingerprint density at radius 3 is 2.57 bits per heavy atom. The highest BCUT2D eigenvalue weighted by atomic mass is 32.1. The quantitative estimate of drug-likeness (QED) is 0.896. The van der Waals surface area contributed by atoms with Crippen molar-refractivity contribution >= 4 is 28.1 Å². The lowest BCUT2D eigenvalue weighted by molar-refractivity contribution is 0.0700. The Hall–Kier alpha value is -1.95. The van der Waals surface area contributed by atoms with Gasteiger partial charge >= 0.3 is 5.97 Å². The Labute approximate surface area is 126 Å². The summed E-state index contributed by atoms with van der Waals surface area (Å²) < 4.78 is 14.0. The summed E-state index contributed by atoms with van der Waals surface area (Å²) in [6, 6.07) is 6.41. The molecule has 0 spiro atoms. The number of aromatic nitrogens is 1. The number of rotatable bonds is 5. The fraction of sp³-hybridized carbons (Fsp3) is 0.333. The van der Waals surface area contributed by atoms with Crippen LogP contribution in [-0.2, 0) is 0 Å². The van der Waals surface area contributed by atoms with Crippen molar-refractivity contribution in [2.75, 3.05) is 11.4 Å². The van der Waals surface area contributed by atoms with Crippen molar-refractivity contribution in [2.45, 2.75) is 26.7 Å². The van der Waals surface area contributed by atoms with Crippen molar-refractivity contribution in [1.29, 1.82) is 0 Å². The van der Waals surface area contributed by atoms with Crippen LogP contribution >= 0.6 is 11.3 Å². The molecule has 0 aliphatic rings. The number of aromatic carboxylic acids is 1. The Balaban J connectivity index is 2.51. The number of carbonyl (C=O) groups is 1. The number of hydrogen-bond acceptors (Lipinski definition) is 4. The van der Waals surface area contributed by atoms with E-state index in [1.807, 2.05) is 20.8 Å². The van der Waals surface area contributed by atoms with E-state index >= 15 is 0 Å². The molecule has 0 amide bonds. The van der Waals surface area contributed by atoms with Crippen LogP contribution in [0.4, 0.5) is 15.2 Å². The second-order valence-corrected chi connectivity index (χ2v) is 5.84. The molecule has 1 aromatic heterocycles. The van der Waals surface area contributed by atoms with Gasteiger partial charge in [0.15, 0.2) is 5.13 Å². The third-order valence-electron chi connectivity index (χ3n) is 3.07. The molecule has 6 heteroatoms. The number of carboxylic acid groups (broad SMARTS) is 1. The first kappa shape index (κ1) is 15.4. The maximum absolute atomic E-state index is 14.0. The standard InChI is InChI=1S/C15H17FN2O2S/c1-4-18(11-8-6-5-7-10(11)16)15-17-12(9(2)3)13(21-15)14(19)20/h5-9H,4H2,1-3H3,(H,19,20). The van der Waals surface area contributed by atoms with Crippen LogP contribution in [-0.4, -0.2) is 22.6 Å². The van der Waals surface area contributed by atoms with Gasteiger partial charge in [0.25, 0.3) is 0 Å². The molecule has 2 rings (SSSR count). The van der Waals surface area contributed by atoms with Crippen LogP contribution < -0.4 is 4.90 Å². The topological polar surface area (TPSA) is 53.4 Å². The van der Waals surface area contributed by atoms with E-state index < -0.39 is 5.97 Å². The van der Waals surface area contributed by atoms with Crippen molar-refractivity contribution in [3.05, 3.63) is 40.7 Å². The summed E-state index contributed by atoms with van der Waals surface area (Å²) in [6.07, 6.45) is 0. The zero-order valence-electron chi connectivity index (χ0n) is 12.1. The van der Waals surface area contributed by atoms with Gasteiger partial charge in [0, 0.05) is 6.54 Å². The average Bonchev–Trinajstić information content (AvgIpc) is 2.87. The van der Waals surface area contributed by atoms with Crippen molar-refractivity contribution < 1.29 is 14.3 Å². The lowest BCUT2D eigenvalue weighted by atomic mass is 10.1. The fourth-order valence-electron chi connectivity index (χ4n) is 2.06. The van der Waals surface area contributed by atoms with E-state index in [0.717, 1.165) is 11.3 Å². The van der Waals surface area contributed by atoms with E-state index in [4.69, 9.17) is 0 Å². The first-order chi connectivity index (χ1) is 9.95. The van der Waals surface area contributed by atoms with E-state index in [1.54, 1.807) is 23.1 Å². The number of halogens is 1. The van der Waals surface area contributed by atoms with Crippen molar-refractivity contribution in [1.82, 2.24) is 4.98 Å². The van der Waals surface area contributed by atoms with E-state index in [1.165, 1.54) is 6.07 Å². The maximum atomic E-state index is 14.0. The smallest absolute Gasteiger partial charge is 0.347 e.